The molecule has 0 spiro atoms. The van der Waals surface area contributed by atoms with Crippen molar-refractivity contribution in [3.63, 3.8) is 0 Å². The first-order chi connectivity index (χ1) is 14.5. The van der Waals surface area contributed by atoms with Crippen LogP contribution in [0.4, 0.5) is 0 Å². The van der Waals surface area contributed by atoms with E-state index in [-0.39, 0.29) is 18.6 Å². The van der Waals surface area contributed by atoms with E-state index in [2.05, 4.69) is 6.92 Å². The van der Waals surface area contributed by atoms with E-state index < -0.39 is 5.54 Å². The average Bonchev–Trinajstić information content (AvgIpc) is 2.77. The lowest BCUT2D eigenvalue weighted by molar-refractivity contribution is 0.115. The van der Waals surface area contributed by atoms with Crippen molar-refractivity contribution in [2.24, 2.45) is 5.73 Å². The second kappa shape index (κ2) is 10.1. The van der Waals surface area contributed by atoms with Gasteiger partial charge in [0.05, 0.1) is 36.1 Å². The number of unbranched alkanes of at least 4 members (excludes halogenated alkanes) is 3. The molecule has 0 aliphatic carbocycles. The van der Waals surface area contributed by atoms with Crippen LogP contribution in [-0.2, 0) is 6.42 Å². The number of hydrogen-bond acceptors (Lipinski definition) is 6. The van der Waals surface area contributed by atoms with Crippen LogP contribution in [0.15, 0.2) is 45.6 Å². The third-order valence-electron chi connectivity index (χ3n) is 5.51. The Balaban J connectivity index is 1.81. The smallest absolute Gasteiger partial charge is 0.200 e. The minimum absolute atomic E-state index is 0.0917. The van der Waals surface area contributed by atoms with Gasteiger partial charge in [0, 0.05) is 6.07 Å². The zero-order chi connectivity index (χ0) is 21.6. The van der Waals surface area contributed by atoms with E-state index in [1.807, 2.05) is 6.07 Å². The minimum atomic E-state index is -1.03. The van der Waals surface area contributed by atoms with Gasteiger partial charge in [0.25, 0.3) is 0 Å². The fraction of sp³-hybridized carbons (Fsp3) is 0.458. The van der Waals surface area contributed by atoms with Gasteiger partial charge in [-0.15, -0.1) is 0 Å². The summed E-state index contributed by atoms with van der Waals surface area (Å²) in [6.45, 7) is 2.23. The molecule has 0 unspecified atom stereocenters. The number of aryl methyl sites for hydroxylation is 1. The molecular weight excluding hydrogens is 382 g/mol. The summed E-state index contributed by atoms with van der Waals surface area (Å²) < 4.78 is 11.8. The van der Waals surface area contributed by atoms with Crippen LogP contribution in [0, 0.1) is 0 Å². The molecule has 0 saturated heterocycles. The van der Waals surface area contributed by atoms with E-state index in [0.717, 1.165) is 18.4 Å². The molecule has 1 aromatic heterocycles. The van der Waals surface area contributed by atoms with E-state index >= 15 is 0 Å². The molecule has 30 heavy (non-hydrogen) atoms. The molecule has 3 aromatic rings. The zero-order valence-corrected chi connectivity index (χ0v) is 17.5. The molecule has 0 fully saturated rings. The molecule has 3 rings (SSSR count). The third kappa shape index (κ3) is 5.19. The summed E-state index contributed by atoms with van der Waals surface area (Å²) in [6, 6.07) is 10.8. The number of nitrogens with two attached hydrogens (primary N) is 1. The average molecular weight is 414 g/mol. The topological polar surface area (TPSA) is 106 Å². The molecule has 4 N–H and O–H groups in total. The summed E-state index contributed by atoms with van der Waals surface area (Å²) >= 11 is 0. The van der Waals surface area contributed by atoms with Gasteiger partial charge >= 0.3 is 0 Å². The molecule has 1 heterocycles. The Kier molecular flexibility index (Phi) is 7.48. The maximum Gasteiger partial charge on any atom is 0.200 e. The molecule has 0 radical (unpaired) electrons. The lowest BCUT2D eigenvalue weighted by atomic mass is 9.93. The van der Waals surface area contributed by atoms with Crippen LogP contribution in [0.3, 0.4) is 0 Å². The highest BCUT2D eigenvalue weighted by molar-refractivity contribution is 5.90. The van der Waals surface area contributed by atoms with Gasteiger partial charge in [-0.1, -0.05) is 32.3 Å². The van der Waals surface area contributed by atoms with Crippen molar-refractivity contribution in [2.45, 2.75) is 51.0 Å². The Morgan fingerprint density at radius 2 is 1.80 bits per heavy atom. The molecule has 6 heteroatoms. The molecular formula is C24H31NO5. The van der Waals surface area contributed by atoms with Crippen molar-refractivity contribution in [1.82, 2.24) is 0 Å². The van der Waals surface area contributed by atoms with Crippen molar-refractivity contribution in [2.75, 3.05) is 19.8 Å². The van der Waals surface area contributed by atoms with Gasteiger partial charge in [-0.2, -0.15) is 0 Å². The number of aliphatic hydroxyl groups excluding tert-OH is 2. The van der Waals surface area contributed by atoms with Crippen molar-refractivity contribution in [1.29, 1.82) is 0 Å². The summed E-state index contributed by atoms with van der Waals surface area (Å²) in [7, 11) is 0. The Labute approximate surface area is 176 Å². The van der Waals surface area contributed by atoms with Crippen molar-refractivity contribution in [3.8, 4) is 5.75 Å². The van der Waals surface area contributed by atoms with E-state index in [0.29, 0.717) is 47.1 Å². The lowest BCUT2D eigenvalue weighted by Gasteiger charge is -2.24. The van der Waals surface area contributed by atoms with Gasteiger partial charge in [-0.3, -0.25) is 4.79 Å². The van der Waals surface area contributed by atoms with Crippen LogP contribution in [0.1, 0.15) is 44.6 Å². The number of fused-ring (bicyclic) bond motifs is 2. The monoisotopic (exact) mass is 413 g/mol. The highest BCUT2D eigenvalue weighted by Gasteiger charge is 2.22. The number of ether oxygens (including phenoxy) is 1. The summed E-state index contributed by atoms with van der Waals surface area (Å²) in [5, 5.41) is 19.7. The molecule has 0 aliphatic heterocycles. The number of hydrogen-bond donors (Lipinski definition) is 3. The second-order valence-electron chi connectivity index (χ2n) is 8.01. The number of rotatable bonds is 11. The molecule has 0 bridgehead atoms. The van der Waals surface area contributed by atoms with Crippen molar-refractivity contribution in [3.05, 3.63) is 52.2 Å². The first kappa shape index (κ1) is 22.3. The molecule has 0 amide bonds. The molecule has 162 valence electrons. The first-order valence-corrected chi connectivity index (χ1v) is 10.6. The predicted molar refractivity (Wildman–Crippen MR) is 119 cm³/mol. The highest BCUT2D eigenvalue weighted by atomic mass is 16.5. The fourth-order valence-electron chi connectivity index (χ4n) is 3.45. The summed E-state index contributed by atoms with van der Waals surface area (Å²) in [5.74, 6) is 0.699. The maximum absolute atomic E-state index is 13.0. The summed E-state index contributed by atoms with van der Waals surface area (Å²) in [4.78, 5) is 13.0. The fourth-order valence-corrected chi connectivity index (χ4v) is 3.45. The van der Waals surface area contributed by atoms with Crippen LogP contribution < -0.4 is 15.9 Å². The van der Waals surface area contributed by atoms with Gasteiger partial charge in [-0.05, 0) is 49.1 Å². The van der Waals surface area contributed by atoms with Gasteiger partial charge < -0.3 is 25.1 Å². The van der Waals surface area contributed by atoms with Crippen LogP contribution in [0.25, 0.3) is 21.9 Å². The predicted octanol–water partition coefficient (Wildman–Crippen LogP) is 3.52. The summed E-state index contributed by atoms with van der Waals surface area (Å²) in [6.07, 6.45) is 5.49. The normalized spacial score (nSPS) is 12.0. The highest BCUT2D eigenvalue weighted by Crippen LogP contribution is 2.24. The van der Waals surface area contributed by atoms with Crippen molar-refractivity contribution < 1.29 is 19.4 Å². The molecule has 0 saturated carbocycles. The Morgan fingerprint density at radius 3 is 2.53 bits per heavy atom. The van der Waals surface area contributed by atoms with E-state index in [4.69, 9.17) is 14.9 Å². The molecule has 0 atom stereocenters. The van der Waals surface area contributed by atoms with Gasteiger partial charge in [0.2, 0.25) is 5.43 Å². The molecule has 2 aromatic carbocycles. The Morgan fingerprint density at radius 1 is 1.00 bits per heavy atom. The second-order valence-corrected chi connectivity index (χ2v) is 8.01. The maximum atomic E-state index is 13.0. The first-order valence-electron chi connectivity index (χ1n) is 10.6. The molecule has 6 nitrogen and oxygen atoms in total. The van der Waals surface area contributed by atoms with Crippen LogP contribution in [0.2, 0.25) is 0 Å². The SMILES string of the molecule is CCCCCCOc1ccc2c(=O)c3cc(CCC(N)(CO)CO)ccc3oc2c1. The number of benzene rings is 2. The van der Waals surface area contributed by atoms with Crippen LogP contribution in [-0.4, -0.2) is 35.6 Å². The Hall–Kier alpha value is -2.41. The van der Waals surface area contributed by atoms with E-state index in [1.54, 1.807) is 30.3 Å². The molecule has 0 aliphatic rings. The largest absolute Gasteiger partial charge is 0.493 e. The van der Waals surface area contributed by atoms with Crippen LogP contribution in [0.5, 0.6) is 5.75 Å². The van der Waals surface area contributed by atoms with E-state index in [1.165, 1.54) is 12.8 Å². The lowest BCUT2D eigenvalue weighted by Crippen LogP contribution is -2.47. The van der Waals surface area contributed by atoms with Gasteiger partial charge in [0.1, 0.15) is 16.9 Å². The Bertz CT molecular complexity index is 1040. The third-order valence-corrected chi connectivity index (χ3v) is 5.51. The number of aliphatic hydroxyl groups is 2. The van der Waals surface area contributed by atoms with Gasteiger partial charge in [-0.25, -0.2) is 0 Å². The standard InChI is InChI=1S/C24H31NO5/c1-2-3-4-5-12-29-18-7-8-19-22(14-18)30-21-9-6-17(13-20(21)23(19)28)10-11-24(25,15-26)16-27/h6-9,13-14,26-27H,2-5,10-12,15-16,25H2,1H3. The summed E-state index contributed by atoms with van der Waals surface area (Å²) in [5.41, 5.74) is 6.74. The van der Waals surface area contributed by atoms with Crippen LogP contribution >= 0.6 is 0 Å². The zero-order valence-electron chi connectivity index (χ0n) is 17.5. The quantitative estimate of drug-likeness (QED) is 0.328. The van der Waals surface area contributed by atoms with Crippen molar-refractivity contribution >= 4 is 21.9 Å². The van der Waals surface area contributed by atoms with Gasteiger partial charge in [0.15, 0.2) is 0 Å². The van der Waals surface area contributed by atoms with E-state index in [9.17, 15) is 15.0 Å². The minimum Gasteiger partial charge on any atom is -0.493 e.